The van der Waals surface area contributed by atoms with Crippen LogP contribution in [0.2, 0.25) is 0 Å². The maximum Gasteiger partial charge on any atom is 0.120 e. The van der Waals surface area contributed by atoms with Gasteiger partial charge < -0.3 is 9.53 Å². The number of aryl methyl sites for hydroxylation is 2. The standard InChI is InChI=1S/C12H16O2.CH4/c1-10-7-11(2)9-12(8-10)14-6-4-3-5-13;/h5,7-9H,3-4,6H2,1-2H3;1H4. The van der Waals surface area contributed by atoms with Crippen molar-refractivity contribution in [3.05, 3.63) is 29.3 Å². The molecule has 0 unspecified atom stereocenters. The molecule has 0 bridgehead atoms. The molecule has 15 heavy (non-hydrogen) atoms. The molecule has 0 N–H and O–H groups in total. The van der Waals surface area contributed by atoms with Gasteiger partial charge in [0.1, 0.15) is 12.0 Å². The van der Waals surface area contributed by atoms with Crippen LogP contribution in [0.25, 0.3) is 0 Å². The highest BCUT2D eigenvalue weighted by atomic mass is 16.5. The van der Waals surface area contributed by atoms with Crippen molar-refractivity contribution in [1.82, 2.24) is 0 Å². The Bertz CT molecular complexity index is 285. The van der Waals surface area contributed by atoms with Gasteiger partial charge in [-0.05, 0) is 43.5 Å². The Hall–Kier alpha value is -1.31. The fourth-order valence-electron chi connectivity index (χ4n) is 1.37. The zero-order chi connectivity index (χ0) is 10.4. The number of ether oxygens (including phenoxy) is 1. The van der Waals surface area contributed by atoms with Gasteiger partial charge in [0.05, 0.1) is 6.61 Å². The number of hydrogen-bond donors (Lipinski definition) is 0. The Morgan fingerprint density at radius 2 is 1.80 bits per heavy atom. The van der Waals surface area contributed by atoms with Gasteiger partial charge in [0, 0.05) is 6.42 Å². The monoisotopic (exact) mass is 208 g/mol. The van der Waals surface area contributed by atoms with E-state index in [2.05, 4.69) is 6.07 Å². The number of benzene rings is 1. The number of carbonyl (C=O) groups is 1. The molecule has 0 aliphatic rings. The van der Waals surface area contributed by atoms with Gasteiger partial charge in [0.2, 0.25) is 0 Å². The Morgan fingerprint density at radius 3 is 2.33 bits per heavy atom. The minimum absolute atomic E-state index is 0. The maximum absolute atomic E-state index is 10.1. The van der Waals surface area contributed by atoms with Gasteiger partial charge in [0.25, 0.3) is 0 Å². The Morgan fingerprint density at radius 1 is 1.20 bits per heavy atom. The summed E-state index contributed by atoms with van der Waals surface area (Å²) in [5, 5.41) is 0. The summed E-state index contributed by atoms with van der Waals surface area (Å²) in [5.74, 6) is 0.897. The van der Waals surface area contributed by atoms with E-state index in [1.54, 1.807) is 0 Å². The highest BCUT2D eigenvalue weighted by Gasteiger charge is 1.96. The first-order valence-electron chi connectivity index (χ1n) is 4.87. The first-order chi connectivity index (χ1) is 6.72. The normalized spacial score (nSPS) is 9.20. The van der Waals surface area contributed by atoms with Gasteiger partial charge >= 0.3 is 0 Å². The van der Waals surface area contributed by atoms with Crippen LogP contribution in [0.1, 0.15) is 31.4 Å². The summed E-state index contributed by atoms with van der Waals surface area (Å²) >= 11 is 0. The van der Waals surface area contributed by atoms with Crippen LogP contribution in [-0.2, 0) is 4.79 Å². The van der Waals surface area contributed by atoms with Gasteiger partial charge in [-0.25, -0.2) is 0 Å². The Kier molecular flexibility index (Phi) is 6.43. The first kappa shape index (κ1) is 13.7. The highest BCUT2D eigenvalue weighted by Crippen LogP contribution is 2.16. The molecule has 0 aromatic heterocycles. The van der Waals surface area contributed by atoms with Crippen LogP contribution in [0.4, 0.5) is 0 Å². The van der Waals surface area contributed by atoms with E-state index in [0.29, 0.717) is 13.0 Å². The molecular weight excluding hydrogens is 188 g/mol. The minimum Gasteiger partial charge on any atom is -0.494 e. The predicted molar refractivity (Wildman–Crippen MR) is 63.4 cm³/mol. The van der Waals surface area contributed by atoms with E-state index >= 15 is 0 Å². The summed E-state index contributed by atoms with van der Waals surface area (Å²) in [5.41, 5.74) is 2.41. The molecule has 0 saturated heterocycles. The number of rotatable bonds is 5. The predicted octanol–water partition coefficient (Wildman–Crippen LogP) is 3.30. The lowest BCUT2D eigenvalue weighted by Crippen LogP contribution is -1.98. The molecule has 0 aliphatic carbocycles. The lowest BCUT2D eigenvalue weighted by atomic mass is 10.1. The summed E-state index contributed by atoms with van der Waals surface area (Å²) in [6.07, 6.45) is 2.28. The third kappa shape index (κ3) is 5.21. The topological polar surface area (TPSA) is 26.3 Å². The molecule has 1 aromatic carbocycles. The molecule has 0 saturated carbocycles. The van der Waals surface area contributed by atoms with Crippen molar-refractivity contribution < 1.29 is 9.53 Å². The summed E-state index contributed by atoms with van der Waals surface area (Å²) in [4.78, 5) is 10.1. The number of aldehydes is 1. The molecule has 0 atom stereocenters. The lowest BCUT2D eigenvalue weighted by Gasteiger charge is -2.06. The zero-order valence-electron chi connectivity index (χ0n) is 8.75. The van der Waals surface area contributed by atoms with Crippen molar-refractivity contribution >= 4 is 6.29 Å². The van der Waals surface area contributed by atoms with Crippen LogP contribution < -0.4 is 4.74 Å². The quantitative estimate of drug-likeness (QED) is 0.548. The van der Waals surface area contributed by atoms with Crippen molar-refractivity contribution in [2.24, 2.45) is 0 Å². The van der Waals surface area contributed by atoms with Gasteiger partial charge in [-0.2, -0.15) is 0 Å². The molecule has 2 nitrogen and oxygen atoms in total. The van der Waals surface area contributed by atoms with Crippen molar-refractivity contribution in [1.29, 1.82) is 0 Å². The summed E-state index contributed by atoms with van der Waals surface area (Å²) in [6, 6.07) is 6.13. The van der Waals surface area contributed by atoms with Crippen LogP contribution in [0.5, 0.6) is 5.75 Å². The van der Waals surface area contributed by atoms with Gasteiger partial charge in [-0.3, -0.25) is 0 Å². The molecule has 0 fully saturated rings. The third-order valence-electron chi connectivity index (χ3n) is 1.93. The SMILES string of the molecule is C.Cc1cc(C)cc(OCCCC=O)c1. The second kappa shape index (κ2) is 7.04. The van der Waals surface area contributed by atoms with Crippen LogP contribution in [-0.4, -0.2) is 12.9 Å². The molecule has 0 spiro atoms. The van der Waals surface area contributed by atoms with Crippen LogP contribution in [0.3, 0.4) is 0 Å². The van der Waals surface area contributed by atoms with Gasteiger partial charge in [-0.1, -0.05) is 13.5 Å². The summed E-state index contributed by atoms with van der Waals surface area (Å²) in [7, 11) is 0. The average molecular weight is 208 g/mol. The third-order valence-corrected chi connectivity index (χ3v) is 1.93. The van der Waals surface area contributed by atoms with Crippen LogP contribution >= 0.6 is 0 Å². The molecule has 0 aliphatic heterocycles. The molecule has 1 aromatic rings. The molecular formula is C13H20O2. The smallest absolute Gasteiger partial charge is 0.120 e. The number of carbonyl (C=O) groups excluding carboxylic acids is 1. The zero-order valence-corrected chi connectivity index (χ0v) is 8.75. The van der Waals surface area contributed by atoms with E-state index in [1.807, 2.05) is 26.0 Å². The highest BCUT2D eigenvalue weighted by molar-refractivity contribution is 5.49. The van der Waals surface area contributed by atoms with Gasteiger partial charge in [-0.15, -0.1) is 0 Å². The van der Waals surface area contributed by atoms with E-state index < -0.39 is 0 Å². The lowest BCUT2D eigenvalue weighted by molar-refractivity contribution is -0.108. The van der Waals surface area contributed by atoms with E-state index in [0.717, 1.165) is 18.5 Å². The molecule has 0 radical (unpaired) electrons. The van der Waals surface area contributed by atoms with Crippen LogP contribution in [0.15, 0.2) is 18.2 Å². The molecule has 84 valence electrons. The molecule has 0 amide bonds. The number of unbranched alkanes of at least 4 members (excludes halogenated alkanes) is 1. The van der Waals surface area contributed by atoms with Gasteiger partial charge in [0.15, 0.2) is 0 Å². The first-order valence-corrected chi connectivity index (χ1v) is 4.87. The maximum atomic E-state index is 10.1. The molecule has 2 heteroatoms. The molecule has 1 rings (SSSR count). The summed E-state index contributed by atoms with van der Waals surface area (Å²) < 4.78 is 5.51. The van der Waals surface area contributed by atoms with E-state index in [-0.39, 0.29) is 7.43 Å². The Balaban J connectivity index is 0.00000196. The van der Waals surface area contributed by atoms with Crippen molar-refractivity contribution in [3.8, 4) is 5.75 Å². The van der Waals surface area contributed by atoms with Crippen molar-refractivity contribution in [2.75, 3.05) is 6.61 Å². The van der Waals surface area contributed by atoms with Crippen molar-refractivity contribution in [2.45, 2.75) is 34.1 Å². The fraction of sp³-hybridized carbons (Fsp3) is 0.462. The summed E-state index contributed by atoms with van der Waals surface area (Å²) in [6.45, 7) is 4.71. The van der Waals surface area contributed by atoms with Crippen molar-refractivity contribution in [3.63, 3.8) is 0 Å². The van der Waals surface area contributed by atoms with E-state index in [1.165, 1.54) is 11.1 Å². The molecule has 0 heterocycles. The average Bonchev–Trinajstić information content (AvgIpc) is 2.11. The van der Waals surface area contributed by atoms with E-state index in [9.17, 15) is 4.79 Å². The largest absolute Gasteiger partial charge is 0.494 e. The van der Waals surface area contributed by atoms with Crippen LogP contribution in [0, 0.1) is 13.8 Å². The Labute approximate surface area is 92.3 Å². The fourth-order valence-corrected chi connectivity index (χ4v) is 1.37. The second-order valence-corrected chi connectivity index (χ2v) is 3.48. The van der Waals surface area contributed by atoms with E-state index in [4.69, 9.17) is 4.74 Å². The number of hydrogen-bond acceptors (Lipinski definition) is 2. The second-order valence-electron chi connectivity index (χ2n) is 3.48. The minimum atomic E-state index is 0.